The van der Waals surface area contributed by atoms with E-state index in [9.17, 15) is 9.59 Å². The van der Waals surface area contributed by atoms with Crippen LogP contribution in [-0.2, 0) is 27.4 Å². The Hall–Kier alpha value is -2.47. The lowest BCUT2D eigenvalue weighted by molar-refractivity contribution is -0.130. The summed E-state index contributed by atoms with van der Waals surface area (Å²) in [6.07, 6.45) is 2.22. The normalized spacial score (nSPS) is 11.9. The number of Topliss-reactive ketones (excluding diaryl/α,β-unsaturated/α-hetero) is 1. The Labute approximate surface area is 128 Å². The van der Waals surface area contributed by atoms with Gasteiger partial charge in [-0.15, -0.1) is 0 Å². The number of hydrogen-bond acceptors (Lipinski definition) is 5. The van der Waals surface area contributed by atoms with Crippen LogP contribution in [0.3, 0.4) is 0 Å². The van der Waals surface area contributed by atoms with Gasteiger partial charge in [-0.2, -0.15) is 0 Å². The molecule has 0 radical (unpaired) electrons. The number of carbonyl (C=O) groups excluding carboxylic acids is 2. The van der Waals surface area contributed by atoms with Gasteiger partial charge < -0.3 is 14.0 Å². The first-order valence-electron chi connectivity index (χ1n) is 6.88. The second-order valence-corrected chi connectivity index (χ2v) is 4.80. The van der Waals surface area contributed by atoms with Crippen LogP contribution in [0.1, 0.15) is 23.0 Å². The summed E-state index contributed by atoms with van der Waals surface area (Å²) < 4.78 is 11.7. The van der Waals surface area contributed by atoms with E-state index in [0.29, 0.717) is 6.61 Å². The number of ether oxygens (including phenoxy) is 2. The molecule has 0 aliphatic heterocycles. The quantitative estimate of drug-likeness (QED) is 0.730. The van der Waals surface area contributed by atoms with Crippen LogP contribution in [0.15, 0.2) is 42.9 Å². The van der Waals surface area contributed by atoms with Crippen molar-refractivity contribution in [3.63, 3.8) is 0 Å². The maximum atomic E-state index is 12.2. The number of esters is 1. The topological polar surface area (TPSA) is 70.4 Å². The van der Waals surface area contributed by atoms with E-state index in [4.69, 9.17) is 4.74 Å². The Morgan fingerprint density at radius 1 is 1.27 bits per heavy atom. The summed E-state index contributed by atoms with van der Waals surface area (Å²) in [7, 11) is 1.28. The number of benzene rings is 1. The van der Waals surface area contributed by atoms with Gasteiger partial charge in [-0.05, 0) is 12.5 Å². The number of ketones is 1. The highest BCUT2D eigenvalue weighted by atomic mass is 16.5. The summed E-state index contributed by atoms with van der Waals surface area (Å²) >= 11 is 0. The van der Waals surface area contributed by atoms with Gasteiger partial charge >= 0.3 is 5.97 Å². The Bertz CT molecular complexity index is 637. The van der Waals surface area contributed by atoms with E-state index in [1.165, 1.54) is 24.2 Å². The van der Waals surface area contributed by atoms with E-state index in [1.54, 1.807) is 6.92 Å². The standard InChI is InChI=1S/C16H18N2O4/c1-12(22-10-13-6-4-3-5-7-13)15(19)9-18-11-17-8-14(18)16(20)21-2/h3-8,11-12H,9-10H2,1-2H3. The number of hydrogen-bond donors (Lipinski definition) is 0. The number of methoxy groups -OCH3 is 1. The van der Waals surface area contributed by atoms with Gasteiger partial charge in [-0.25, -0.2) is 9.78 Å². The molecule has 0 aliphatic carbocycles. The Kier molecular flexibility index (Phi) is 5.43. The molecule has 1 aromatic carbocycles. The second kappa shape index (κ2) is 7.51. The van der Waals surface area contributed by atoms with Gasteiger partial charge in [-0.3, -0.25) is 4.79 Å². The Balaban J connectivity index is 1.92. The Morgan fingerprint density at radius 2 is 2.00 bits per heavy atom. The van der Waals surface area contributed by atoms with Crippen molar-refractivity contribution in [1.82, 2.24) is 9.55 Å². The fraction of sp³-hybridized carbons (Fsp3) is 0.312. The molecule has 0 N–H and O–H groups in total. The summed E-state index contributed by atoms with van der Waals surface area (Å²) in [5, 5.41) is 0. The first kappa shape index (κ1) is 15.9. The first-order valence-corrected chi connectivity index (χ1v) is 6.88. The highest BCUT2D eigenvalue weighted by Crippen LogP contribution is 2.07. The third-order valence-corrected chi connectivity index (χ3v) is 3.23. The first-order chi connectivity index (χ1) is 10.6. The van der Waals surface area contributed by atoms with Crippen molar-refractivity contribution in [3.05, 3.63) is 54.1 Å². The summed E-state index contributed by atoms with van der Waals surface area (Å²) in [6.45, 7) is 2.07. The predicted octanol–water partition coefficient (Wildman–Crippen LogP) is 1.84. The summed E-state index contributed by atoms with van der Waals surface area (Å²) in [6, 6.07) is 9.62. The lowest BCUT2D eigenvalue weighted by Crippen LogP contribution is -2.26. The smallest absolute Gasteiger partial charge is 0.356 e. The zero-order valence-corrected chi connectivity index (χ0v) is 12.6. The molecule has 2 rings (SSSR count). The third-order valence-electron chi connectivity index (χ3n) is 3.23. The van der Waals surface area contributed by atoms with E-state index >= 15 is 0 Å². The molecule has 6 nitrogen and oxygen atoms in total. The maximum absolute atomic E-state index is 12.2. The van der Waals surface area contributed by atoms with Crippen molar-refractivity contribution in [2.45, 2.75) is 26.2 Å². The van der Waals surface area contributed by atoms with Crippen molar-refractivity contribution >= 4 is 11.8 Å². The van der Waals surface area contributed by atoms with Crippen LogP contribution in [0.2, 0.25) is 0 Å². The minimum absolute atomic E-state index is 0.0143. The number of aromatic nitrogens is 2. The zero-order chi connectivity index (χ0) is 15.9. The highest BCUT2D eigenvalue weighted by Gasteiger charge is 2.18. The molecule has 0 spiro atoms. The van der Waals surface area contributed by atoms with Crippen LogP contribution in [-0.4, -0.2) is 34.5 Å². The molecule has 0 saturated heterocycles. The lowest BCUT2D eigenvalue weighted by Gasteiger charge is -2.13. The molecule has 0 amide bonds. The molecule has 1 aromatic heterocycles. The van der Waals surface area contributed by atoms with Crippen LogP contribution in [0.25, 0.3) is 0 Å². The molecule has 1 unspecified atom stereocenters. The molecule has 2 aromatic rings. The monoisotopic (exact) mass is 302 g/mol. The van der Waals surface area contributed by atoms with E-state index in [2.05, 4.69) is 9.72 Å². The van der Waals surface area contributed by atoms with Crippen molar-refractivity contribution in [3.8, 4) is 0 Å². The van der Waals surface area contributed by atoms with Gasteiger partial charge in [0.25, 0.3) is 0 Å². The molecule has 1 atom stereocenters. The molecular weight excluding hydrogens is 284 g/mol. The minimum Gasteiger partial charge on any atom is -0.464 e. The molecule has 0 saturated carbocycles. The van der Waals surface area contributed by atoms with E-state index < -0.39 is 12.1 Å². The summed E-state index contributed by atoms with van der Waals surface area (Å²) in [4.78, 5) is 27.6. The number of carbonyl (C=O) groups is 2. The van der Waals surface area contributed by atoms with Crippen LogP contribution in [0, 0.1) is 0 Å². The number of imidazole rings is 1. The average Bonchev–Trinajstić information content (AvgIpc) is 3.00. The maximum Gasteiger partial charge on any atom is 0.356 e. The van der Waals surface area contributed by atoms with Gasteiger partial charge in [0.05, 0.1) is 32.8 Å². The highest BCUT2D eigenvalue weighted by molar-refractivity contribution is 5.88. The third kappa shape index (κ3) is 4.02. The minimum atomic E-state index is -0.576. The van der Waals surface area contributed by atoms with Crippen molar-refractivity contribution in [2.24, 2.45) is 0 Å². The van der Waals surface area contributed by atoms with Crippen molar-refractivity contribution < 1.29 is 19.1 Å². The summed E-state index contributed by atoms with van der Waals surface area (Å²) in [5.74, 6) is -0.665. The number of nitrogens with zero attached hydrogens (tertiary/aromatic N) is 2. The van der Waals surface area contributed by atoms with Crippen molar-refractivity contribution in [1.29, 1.82) is 0 Å². The molecule has 0 aliphatic rings. The predicted molar refractivity (Wildman–Crippen MR) is 79.3 cm³/mol. The fourth-order valence-electron chi connectivity index (χ4n) is 1.91. The average molecular weight is 302 g/mol. The Morgan fingerprint density at radius 3 is 2.68 bits per heavy atom. The van der Waals surface area contributed by atoms with Crippen LogP contribution in [0.5, 0.6) is 0 Å². The van der Waals surface area contributed by atoms with E-state index in [-0.39, 0.29) is 18.0 Å². The van der Waals surface area contributed by atoms with Crippen LogP contribution < -0.4 is 0 Å². The summed E-state index contributed by atoms with van der Waals surface area (Å²) in [5.41, 5.74) is 1.24. The van der Waals surface area contributed by atoms with E-state index in [0.717, 1.165) is 5.56 Å². The largest absolute Gasteiger partial charge is 0.464 e. The molecule has 6 heteroatoms. The van der Waals surface area contributed by atoms with Gasteiger partial charge in [0.1, 0.15) is 11.8 Å². The van der Waals surface area contributed by atoms with E-state index in [1.807, 2.05) is 30.3 Å². The SMILES string of the molecule is COC(=O)c1cncn1CC(=O)C(C)OCc1ccccc1. The molecule has 116 valence electrons. The zero-order valence-electron chi connectivity index (χ0n) is 12.6. The molecule has 0 bridgehead atoms. The van der Waals surface area contributed by atoms with Gasteiger partial charge in [0.15, 0.2) is 5.78 Å². The molecule has 1 heterocycles. The molecule has 22 heavy (non-hydrogen) atoms. The molecule has 0 fully saturated rings. The lowest BCUT2D eigenvalue weighted by atomic mass is 10.2. The molecular formula is C16H18N2O4. The van der Waals surface area contributed by atoms with Crippen molar-refractivity contribution in [2.75, 3.05) is 7.11 Å². The van der Waals surface area contributed by atoms with Gasteiger partial charge in [-0.1, -0.05) is 30.3 Å². The van der Waals surface area contributed by atoms with Crippen LogP contribution in [0.4, 0.5) is 0 Å². The van der Waals surface area contributed by atoms with Crippen LogP contribution >= 0.6 is 0 Å². The number of rotatable bonds is 7. The fourth-order valence-corrected chi connectivity index (χ4v) is 1.91. The van der Waals surface area contributed by atoms with Gasteiger partial charge in [0, 0.05) is 0 Å². The second-order valence-electron chi connectivity index (χ2n) is 4.80. The van der Waals surface area contributed by atoms with Gasteiger partial charge in [0.2, 0.25) is 0 Å².